The zero-order valence-corrected chi connectivity index (χ0v) is 15.6. The van der Waals surface area contributed by atoms with E-state index in [4.69, 9.17) is 10.9 Å². The summed E-state index contributed by atoms with van der Waals surface area (Å²) in [6, 6.07) is 2.27. The minimum Gasteiger partial charge on any atom is -0.386 e. The van der Waals surface area contributed by atoms with Crippen LogP contribution in [-0.2, 0) is 22.5 Å². The second-order valence-electron chi connectivity index (χ2n) is 5.66. The molecule has 0 unspecified atom stereocenters. The molecular weight excluding hydrogens is 352 g/mol. The normalized spacial score (nSPS) is 17.5. The van der Waals surface area contributed by atoms with Crippen LogP contribution < -0.4 is 10.9 Å². The first kappa shape index (κ1) is 18.7. The molecule has 1 saturated heterocycles. The van der Waals surface area contributed by atoms with Crippen LogP contribution in [0.4, 0.5) is 0 Å². The third-order valence-electron chi connectivity index (χ3n) is 3.55. The van der Waals surface area contributed by atoms with Gasteiger partial charge in [-0.2, -0.15) is 20.2 Å². The van der Waals surface area contributed by atoms with Gasteiger partial charge in [-0.15, -0.1) is 15.7 Å². The van der Waals surface area contributed by atoms with Gasteiger partial charge in [0.1, 0.15) is 5.84 Å². The van der Waals surface area contributed by atoms with E-state index in [1.165, 1.54) is 42.8 Å². The van der Waals surface area contributed by atoms with Crippen LogP contribution in [0.5, 0.6) is 0 Å². The lowest BCUT2D eigenvalue weighted by atomic mass is 10.1. The molecule has 0 saturated carbocycles. The summed E-state index contributed by atoms with van der Waals surface area (Å²) >= 11 is 3.53. The van der Waals surface area contributed by atoms with Crippen LogP contribution in [0.1, 0.15) is 36.1 Å². The molecule has 2 rings (SSSR count). The van der Waals surface area contributed by atoms with E-state index in [-0.39, 0.29) is 5.84 Å². The first-order valence-electron chi connectivity index (χ1n) is 7.66. The number of nitrogens with two attached hydrogens (primary N) is 2. The molecule has 0 aliphatic carbocycles. The van der Waals surface area contributed by atoms with Gasteiger partial charge in [0.15, 0.2) is 0 Å². The summed E-state index contributed by atoms with van der Waals surface area (Å²) in [5.41, 5.74) is 6.84. The van der Waals surface area contributed by atoms with E-state index in [1.54, 1.807) is 11.8 Å². The summed E-state index contributed by atoms with van der Waals surface area (Å²) in [7, 11) is -3.87. The third-order valence-corrected chi connectivity index (χ3v) is 6.04. The number of nitrogens with zero attached hydrogens (tertiary/aromatic N) is 2. The highest BCUT2D eigenvalue weighted by Gasteiger charge is 2.11. The lowest BCUT2D eigenvalue weighted by Crippen LogP contribution is -2.28. The topological polar surface area (TPSA) is 102 Å². The predicted molar refractivity (Wildman–Crippen MR) is 99.0 cm³/mol. The summed E-state index contributed by atoms with van der Waals surface area (Å²) in [6.07, 6.45) is 4.41. The molecule has 130 valence electrons. The first-order chi connectivity index (χ1) is 10.9. The number of hydrogen-bond acceptors (Lipinski definition) is 5. The Bertz CT molecular complexity index is 622. The number of thioether (sulfide) groups is 1. The third kappa shape index (κ3) is 7.67. The van der Waals surface area contributed by atoms with Gasteiger partial charge < -0.3 is 5.73 Å². The van der Waals surface area contributed by atoms with Gasteiger partial charge in [-0.05, 0) is 42.9 Å². The maximum Gasteiger partial charge on any atom is 0.318 e. The van der Waals surface area contributed by atoms with Crippen LogP contribution in [0, 0.1) is 0 Å². The molecule has 9 heteroatoms. The van der Waals surface area contributed by atoms with Crippen molar-refractivity contribution >= 4 is 39.1 Å². The van der Waals surface area contributed by atoms with E-state index >= 15 is 0 Å². The van der Waals surface area contributed by atoms with Crippen LogP contribution >= 0.6 is 23.1 Å². The standard InChI is InChI=1S/C14H24N4O2S3/c15-14(17-23(16,19)20)4-7-21-10-12-8-13(22-11-12)9-18-5-2-1-3-6-18/h8,11H,1-7,9-10H2,(H2,15,17)(H2,16,19,20). The van der Waals surface area contributed by atoms with Gasteiger partial charge in [-0.3, -0.25) is 4.90 Å². The average Bonchev–Trinajstić information content (AvgIpc) is 2.90. The van der Waals surface area contributed by atoms with Crippen molar-refractivity contribution in [3.8, 4) is 0 Å². The Hall–Kier alpha value is -0.610. The molecule has 0 aromatic carbocycles. The Morgan fingerprint density at radius 1 is 1.35 bits per heavy atom. The summed E-state index contributed by atoms with van der Waals surface area (Å²) < 4.78 is 24.8. The Balaban J connectivity index is 1.69. The highest BCUT2D eigenvalue weighted by molar-refractivity contribution is 7.98. The molecule has 1 aliphatic rings. The molecule has 2 heterocycles. The Morgan fingerprint density at radius 2 is 2.09 bits per heavy atom. The molecule has 23 heavy (non-hydrogen) atoms. The Labute approximate surface area is 146 Å². The second kappa shape index (κ2) is 9.03. The lowest BCUT2D eigenvalue weighted by molar-refractivity contribution is 0.222. The number of likely N-dealkylation sites (tertiary alicyclic amines) is 1. The molecular formula is C14H24N4O2S3. The summed E-state index contributed by atoms with van der Waals surface area (Å²) in [4.78, 5) is 3.94. The summed E-state index contributed by atoms with van der Waals surface area (Å²) in [6.45, 7) is 3.48. The zero-order valence-electron chi connectivity index (χ0n) is 13.1. The molecule has 0 atom stereocenters. The van der Waals surface area contributed by atoms with Crippen LogP contribution in [0.2, 0.25) is 0 Å². The first-order valence-corrected chi connectivity index (χ1v) is 11.2. The maximum absolute atomic E-state index is 10.8. The van der Waals surface area contributed by atoms with E-state index < -0.39 is 10.2 Å². The van der Waals surface area contributed by atoms with Gasteiger partial charge in [-0.25, -0.2) is 5.14 Å². The fourth-order valence-corrected chi connectivity index (χ4v) is 4.85. The average molecular weight is 377 g/mol. The van der Waals surface area contributed by atoms with E-state index in [0.717, 1.165) is 18.1 Å². The quantitative estimate of drug-likeness (QED) is 0.410. The molecule has 0 radical (unpaired) electrons. The molecule has 0 spiro atoms. The smallest absolute Gasteiger partial charge is 0.318 e. The monoisotopic (exact) mass is 376 g/mol. The zero-order chi connectivity index (χ0) is 16.7. The molecule has 1 aromatic heterocycles. The van der Waals surface area contributed by atoms with Crippen LogP contribution in [0.25, 0.3) is 0 Å². The van der Waals surface area contributed by atoms with E-state index in [2.05, 4.69) is 20.7 Å². The van der Waals surface area contributed by atoms with Crippen molar-refractivity contribution < 1.29 is 8.42 Å². The highest BCUT2D eigenvalue weighted by Crippen LogP contribution is 2.22. The highest BCUT2D eigenvalue weighted by atomic mass is 32.2. The second-order valence-corrected chi connectivity index (χ2v) is 8.97. The number of rotatable bonds is 8. The van der Waals surface area contributed by atoms with Crippen molar-refractivity contribution in [3.05, 3.63) is 21.9 Å². The number of piperidine rings is 1. The van der Waals surface area contributed by atoms with Gasteiger partial charge in [0.2, 0.25) is 0 Å². The van der Waals surface area contributed by atoms with E-state index in [1.807, 2.05) is 11.3 Å². The number of hydrogen-bond donors (Lipinski definition) is 2. The van der Waals surface area contributed by atoms with Crippen molar-refractivity contribution in [1.82, 2.24) is 4.90 Å². The maximum atomic E-state index is 10.8. The van der Waals surface area contributed by atoms with Crippen molar-refractivity contribution in [2.24, 2.45) is 15.3 Å². The number of thiophene rings is 1. The lowest BCUT2D eigenvalue weighted by Gasteiger charge is -2.25. The number of amidine groups is 1. The molecule has 0 amide bonds. The van der Waals surface area contributed by atoms with Crippen molar-refractivity contribution in [2.45, 2.75) is 38.0 Å². The summed E-state index contributed by atoms with van der Waals surface area (Å²) in [5.74, 6) is 1.69. The summed E-state index contributed by atoms with van der Waals surface area (Å²) in [5, 5.41) is 7.01. The van der Waals surface area contributed by atoms with Crippen molar-refractivity contribution in [2.75, 3.05) is 18.8 Å². The Morgan fingerprint density at radius 3 is 2.78 bits per heavy atom. The minimum absolute atomic E-state index is 0.0658. The molecule has 0 bridgehead atoms. The van der Waals surface area contributed by atoms with Gasteiger partial charge in [-0.1, -0.05) is 6.42 Å². The van der Waals surface area contributed by atoms with E-state index in [9.17, 15) is 8.42 Å². The van der Waals surface area contributed by atoms with Crippen LogP contribution in [0.15, 0.2) is 15.8 Å². The van der Waals surface area contributed by atoms with Gasteiger partial charge in [0.25, 0.3) is 0 Å². The SMILES string of the molecule is NC(CCSCc1csc(CN2CCCCC2)c1)=NS(N)(=O)=O. The minimum atomic E-state index is -3.87. The van der Waals surface area contributed by atoms with E-state index in [0.29, 0.717) is 6.42 Å². The molecule has 4 N–H and O–H groups in total. The Kier molecular flexibility index (Phi) is 7.35. The van der Waals surface area contributed by atoms with Gasteiger partial charge in [0, 0.05) is 29.3 Å². The largest absolute Gasteiger partial charge is 0.386 e. The predicted octanol–water partition coefficient (Wildman–Crippen LogP) is 1.92. The molecule has 1 aromatic rings. The van der Waals surface area contributed by atoms with Crippen molar-refractivity contribution in [1.29, 1.82) is 0 Å². The van der Waals surface area contributed by atoms with Crippen molar-refractivity contribution in [3.63, 3.8) is 0 Å². The molecule has 1 fully saturated rings. The van der Waals surface area contributed by atoms with Crippen LogP contribution in [0.3, 0.4) is 0 Å². The van der Waals surface area contributed by atoms with Crippen LogP contribution in [-0.4, -0.2) is 38.0 Å². The molecule has 1 aliphatic heterocycles. The fraction of sp³-hybridized carbons (Fsp3) is 0.643. The van der Waals surface area contributed by atoms with Gasteiger partial charge >= 0.3 is 10.2 Å². The fourth-order valence-electron chi connectivity index (χ4n) is 2.50. The van der Waals surface area contributed by atoms with Gasteiger partial charge in [0.05, 0.1) is 0 Å². The molecule has 6 nitrogen and oxygen atoms in total.